The van der Waals surface area contributed by atoms with Crippen LogP contribution in [0.1, 0.15) is 19.8 Å². The highest BCUT2D eigenvalue weighted by atomic mass is 16.5. The minimum absolute atomic E-state index is 0.289. The van der Waals surface area contributed by atoms with E-state index in [9.17, 15) is 4.79 Å². The fourth-order valence-electron chi connectivity index (χ4n) is 2.66. The van der Waals surface area contributed by atoms with Gasteiger partial charge in [-0.1, -0.05) is 12.1 Å². The second kappa shape index (κ2) is 7.29. The third-order valence-electron chi connectivity index (χ3n) is 3.80. The number of carbonyl (C=O) groups excluding carboxylic acids is 1. The number of rotatable bonds is 6. The Morgan fingerprint density at radius 3 is 2.55 bits per heavy atom. The van der Waals surface area contributed by atoms with Gasteiger partial charge in [0.25, 0.3) is 0 Å². The topological polar surface area (TPSA) is 32.8 Å². The molecule has 1 aromatic rings. The van der Waals surface area contributed by atoms with Gasteiger partial charge >= 0.3 is 0 Å². The fraction of sp³-hybridized carbons (Fsp3) is 0.562. The molecular formula is C16H24N2O2. The van der Waals surface area contributed by atoms with Crippen molar-refractivity contribution in [1.29, 1.82) is 0 Å². The maximum absolute atomic E-state index is 11.0. The molecule has 0 aromatic heterocycles. The van der Waals surface area contributed by atoms with Gasteiger partial charge in [0.2, 0.25) is 0 Å². The largest absolute Gasteiger partial charge is 0.495 e. The van der Waals surface area contributed by atoms with Crippen molar-refractivity contribution in [3.63, 3.8) is 0 Å². The first kappa shape index (κ1) is 14.9. The van der Waals surface area contributed by atoms with Gasteiger partial charge in [-0.25, -0.2) is 0 Å². The van der Waals surface area contributed by atoms with Crippen LogP contribution < -0.4 is 9.64 Å². The first-order valence-corrected chi connectivity index (χ1v) is 7.30. The Bertz CT molecular complexity index is 440. The van der Waals surface area contributed by atoms with E-state index in [1.54, 1.807) is 14.0 Å². The maximum Gasteiger partial charge on any atom is 0.142 e. The molecule has 1 fully saturated rings. The lowest BCUT2D eigenvalue weighted by Crippen LogP contribution is -2.46. The van der Waals surface area contributed by atoms with Gasteiger partial charge in [-0.2, -0.15) is 0 Å². The van der Waals surface area contributed by atoms with Gasteiger partial charge in [-0.05, 0) is 32.0 Å². The number of benzene rings is 1. The third-order valence-corrected chi connectivity index (χ3v) is 3.80. The van der Waals surface area contributed by atoms with Crippen LogP contribution >= 0.6 is 0 Å². The summed E-state index contributed by atoms with van der Waals surface area (Å²) in [5.41, 5.74) is 1.18. The molecule has 0 spiro atoms. The summed E-state index contributed by atoms with van der Waals surface area (Å²) in [5.74, 6) is 1.23. The SMILES string of the molecule is COc1ccccc1N1CCN(CCCC(C)=O)CC1. The average molecular weight is 276 g/mol. The summed E-state index contributed by atoms with van der Waals surface area (Å²) in [4.78, 5) is 15.8. The van der Waals surface area contributed by atoms with Crippen LogP contribution in [0.4, 0.5) is 5.69 Å². The van der Waals surface area contributed by atoms with E-state index in [0.29, 0.717) is 6.42 Å². The summed E-state index contributed by atoms with van der Waals surface area (Å²) >= 11 is 0. The lowest BCUT2D eigenvalue weighted by atomic mass is 10.2. The van der Waals surface area contributed by atoms with Crippen molar-refractivity contribution < 1.29 is 9.53 Å². The van der Waals surface area contributed by atoms with Crippen molar-refractivity contribution in [1.82, 2.24) is 4.90 Å². The van der Waals surface area contributed by atoms with E-state index >= 15 is 0 Å². The number of ether oxygens (including phenoxy) is 1. The maximum atomic E-state index is 11.0. The van der Waals surface area contributed by atoms with Crippen molar-refractivity contribution in [3.8, 4) is 5.75 Å². The summed E-state index contributed by atoms with van der Waals surface area (Å²) in [7, 11) is 1.72. The standard InChI is InChI=1S/C16H24N2O2/c1-14(19)6-5-9-17-10-12-18(13-11-17)15-7-3-4-8-16(15)20-2/h3-4,7-8H,5-6,9-13H2,1-2H3. The number of para-hydroxylation sites is 2. The van der Waals surface area contributed by atoms with Crippen LogP contribution in [0.25, 0.3) is 0 Å². The van der Waals surface area contributed by atoms with Crippen LogP contribution in [0.15, 0.2) is 24.3 Å². The van der Waals surface area contributed by atoms with Gasteiger partial charge in [-0.3, -0.25) is 4.90 Å². The van der Waals surface area contributed by atoms with E-state index < -0.39 is 0 Å². The highest BCUT2D eigenvalue weighted by Gasteiger charge is 2.19. The van der Waals surface area contributed by atoms with E-state index in [-0.39, 0.29) is 5.78 Å². The smallest absolute Gasteiger partial charge is 0.142 e. The van der Waals surface area contributed by atoms with E-state index in [1.807, 2.05) is 12.1 Å². The zero-order valence-corrected chi connectivity index (χ0v) is 12.5. The third kappa shape index (κ3) is 3.97. The summed E-state index contributed by atoms with van der Waals surface area (Å²) in [6, 6.07) is 8.18. The van der Waals surface area contributed by atoms with Crippen LogP contribution in [0, 0.1) is 0 Å². The van der Waals surface area contributed by atoms with Crippen LogP contribution in [0.2, 0.25) is 0 Å². The zero-order chi connectivity index (χ0) is 14.4. The molecule has 4 heteroatoms. The van der Waals surface area contributed by atoms with Gasteiger partial charge in [0.1, 0.15) is 11.5 Å². The fourth-order valence-corrected chi connectivity index (χ4v) is 2.66. The predicted octanol–water partition coefficient (Wildman–Crippen LogP) is 2.19. The lowest BCUT2D eigenvalue weighted by molar-refractivity contribution is -0.117. The number of anilines is 1. The van der Waals surface area contributed by atoms with Crippen molar-refractivity contribution >= 4 is 11.5 Å². The van der Waals surface area contributed by atoms with Gasteiger partial charge in [0, 0.05) is 32.6 Å². The van der Waals surface area contributed by atoms with Crippen LogP contribution in [-0.2, 0) is 4.79 Å². The summed E-state index contributed by atoms with van der Waals surface area (Å²) < 4.78 is 5.42. The monoisotopic (exact) mass is 276 g/mol. The molecule has 20 heavy (non-hydrogen) atoms. The Kier molecular flexibility index (Phi) is 5.41. The van der Waals surface area contributed by atoms with E-state index in [4.69, 9.17) is 4.74 Å². The normalized spacial score (nSPS) is 16.2. The number of piperazine rings is 1. The quantitative estimate of drug-likeness (QED) is 0.797. The highest BCUT2D eigenvalue weighted by molar-refractivity contribution is 5.75. The molecule has 0 amide bonds. The molecule has 1 aliphatic heterocycles. The second-order valence-corrected chi connectivity index (χ2v) is 5.31. The number of hydrogen-bond donors (Lipinski definition) is 0. The second-order valence-electron chi connectivity index (χ2n) is 5.31. The summed E-state index contributed by atoms with van der Waals surface area (Å²) in [6.07, 6.45) is 1.68. The molecule has 0 unspecified atom stereocenters. The number of ketones is 1. The highest BCUT2D eigenvalue weighted by Crippen LogP contribution is 2.28. The van der Waals surface area contributed by atoms with Crippen molar-refractivity contribution in [3.05, 3.63) is 24.3 Å². The Hall–Kier alpha value is -1.55. The zero-order valence-electron chi connectivity index (χ0n) is 12.5. The van der Waals surface area contributed by atoms with Crippen molar-refractivity contribution in [2.75, 3.05) is 44.7 Å². The Labute approximate surface area is 121 Å². The number of Topliss-reactive ketones (excluding diaryl/α,β-unsaturated/α-hetero) is 1. The molecule has 0 bridgehead atoms. The van der Waals surface area contributed by atoms with E-state index in [2.05, 4.69) is 21.9 Å². The molecule has 1 saturated heterocycles. The molecular weight excluding hydrogens is 252 g/mol. The number of nitrogens with zero attached hydrogens (tertiary/aromatic N) is 2. The lowest BCUT2D eigenvalue weighted by Gasteiger charge is -2.36. The molecule has 1 aliphatic rings. The number of methoxy groups -OCH3 is 1. The molecule has 0 N–H and O–H groups in total. The molecule has 0 saturated carbocycles. The Morgan fingerprint density at radius 1 is 1.20 bits per heavy atom. The molecule has 0 aliphatic carbocycles. The number of carbonyl (C=O) groups is 1. The van der Waals surface area contributed by atoms with Gasteiger partial charge in [0.05, 0.1) is 12.8 Å². The van der Waals surface area contributed by atoms with Crippen molar-refractivity contribution in [2.45, 2.75) is 19.8 Å². The molecule has 0 radical (unpaired) electrons. The predicted molar refractivity (Wildman–Crippen MR) is 81.6 cm³/mol. The minimum atomic E-state index is 0.289. The molecule has 1 heterocycles. The molecule has 110 valence electrons. The van der Waals surface area contributed by atoms with Crippen LogP contribution in [0.5, 0.6) is 5.75 Å². The first-order valence-electron chi connectivity index (χ1n) is 7.30. The van der Waals surface area contributed by atoms with Crippen LogP contribution in [0.3, 0.4) is 0 Å². The molecule has 2 rings (SSSR count). The Morgan fingerprint density at radius 2 is 1.90 bits per heavy atom. The van der Waals surface area contributed by atoms with Crippen molar-refractivity contribution in [2.24, 2.45) is 0 Å². The molecule has 1 aromatic carbocycles. The molecule has 4 nitrogen and oxygen atoms in total. The average Bonchev–Trinajstić information content (AvgIpc) is 2.47. The summed E-state index contributed by atoms with van der Waals surface area (Å²) in [6.45, 7) is 6.83. The molecule has 0 atom stereocenters. The number of hydrogen-bond acceptors (Lipinski definition) is 4. The summed E-state index contributed by atoms with van der Waals surface area (Å²) in [5, 5.41) is 0. The van der Waals surface area contributed by atoms with E-state index in [1.165, 1.54) is 5.69 Å². The van der Waals surface area contributed by atoms with Crippen LogP contribution in [-0.4, -0.2) is 50.5 Å². The Balaban J connectivity index is 1.83. The van der Waals surface area contributed by atoms with Gasteiger partial charge < -0.3 is 14.4 Å². The first-order chi connectivity index (χ1) is 9.70. The minimum Gasteiger partial charge on any atom is -0.495 e. The van der Waals surface area contributed by atoms with E-state index in [0.717, 1.165) is 44.9 Å². The van der Waals surface area contributed by atoms with Gasteiger partial charge in [-0.15, -0.1) is 0 Å². The van der Waals surface area contributed by atoms with Gasteiger partial charge in [0.15, 0.2) is 0 Å².